The van der Waals surface area contributed by atoms with Gasteiger partial charge in [0, 0.05) is 11.8 Å². The van der Waals surface area contributed by atoms with Crippen LogP contribution in [-0.4, -0.2) is 42.6 Å². The highest BCUT2D eigenvalue weighted by Gasteiger charge is 2.23. The van der Waals surface area contributed by atoms with E-state index in [2.05, 4.69) is 5.32 Å². The Kier molecular flexibility index (Phi) is 11.9. The molecule has 0 heterocycles. The molecule has 0 aliphatic carbocycles. The van der Waals surface area contributed by atoms with E-state index >= 15 is 0 Å². The van der Waals surface area contributed by atoms with Gasteiger partial charge in [-0.25, -0.2) is 10.3 Å². The van der Waals surface area contributed by atoms with Gasteiger partial charge in [0.05, 0.1) is 13.7 Å². The summed E-state index contributed by atoms with van der Waals surface area (Å²) in [5.41, 5.74) is 2.91. The molecular weight excluding hydrogens is 452 g/mol. The lowest BCUT2D eigenvalue weighted by Gasteiger charge is -2.25. The van der Waals surface area contributed by atoms with Crippen LogP contribution >= 0.6 is 0 Å². The van der Waals surface area contributed by atoms with Crippen molar-refractivity contribution in [2.45, 2.75) is 25.9 Å². The lowest BCUT2D eigenvalue weighted by Crippen LogP contribution is -2.22. The minimum Gasteiger partial charge on any atom is -0.497 e. The number of aliphatic hydroxyl groups excluding tert-OH is 1. The summed E-state index contributed by atoms with van der Waals surface area (Å²) in [6, 6.07) is 14.1. The van der Waals surface area contributed by atoms with E-state index in [1.54, 1.807) is 49.6 Å². The van der Waals surface area contributed by atoms with Crippen molar-refractivity contribution in [1.29, 1.82) is 0 Å². The van der Waals surface area contributed by atoms with Gasteiger partial charge in [-0.2, -0.15) is 0 Å². The molecule has 2 atom stereocenters. The van der Waals surface area contributed by atoms with E-state index in [0.717, 1.165) is 5.56 Å². The van der Waals surface area contributed by atoms with E-state index in [4.69, 9.17) is 24.5 Å². The van der Waals surface area contributed by atoms with Gasteiger partial charge in [-0.15, -0.1) is 0 Å². The number of allylic oxidation sites excluding steroid dienone is 3. The number of methoxy groups -OCH3 is 1. The topological polar surface area (TPSA) is 126 Å². The molecule has 0 radical (unpaired) electrons. The maximum atomic E-state index is 12.7. The summed E-state index contributed by atoms with van der Waals surface area (Å²) in [5.74, 6) is 0.651. The summed E-state index contributed by atoms with van der Waals surface area (Å²) >= 11 is 0. The van der Waals surface area contributed by atoms with Crippen molar-refractivity contribution in [3.05, 3.63) is 78.4 Å². The number of amides is 2. The molecule has 0 aliphatic rings. The Morgan fingerprint density at radius 2 is 1.71 bits per heavy atom. The molecule has 188 valence electrons. The van der Waals surface area contributed by atoms with E-state index in [0.29, 0.717) is 30.0 Å². The first-order valence-electron chi connectivity index (χ1n) is 11.2. The Hall–Kier alpha value is -3.82. The van der Waals surface area contributed by atoms with Gasteiger partial charge in [-0.1, -0.05) is 37.3 Å². The molecule has 2 aromatic rings. The van der Waals surface area contributed by atoms with Crippen LogP contribution in [0.15, 0.2) is 72.8 Å². The number of nitrogens with one attached hydrogen (secondary N) is 2. The van der Waals surface area contributed by atoms with Crippen molar-refractivity contribution >= 4 is 17.7 Å². The molecule has 2 rings (SSSR count). The van der Waals surface area contributed by atoms with Crippen molar-refractivity contribution in [1.82, 2.24) is 5.48 Å². The second kappa shape index (κ2) is 15.2. The predicted octanol–water partition coefficient (Wildman–Crippen LogP) is 4.39. The number of benzene rings is 2. The van der Waals surface area contributed by atoms with E-state index < -0.39 is 18.1 Å². The van der Waals surface area contributed by atoms with Crippen LogP contribution in [0.5, 0.6) is 11.5 Å². The van der Waals surface area contributed by atoms with Crippen LogP contribution in [0.1, 0.15) is 31.4 Å². The van der Waals surface area contributed by atoms with Gasteiger partial charge in [-0.3, -0.25) is 15.3 Å². The Morgan fingerprint density at radius 3 is 2.34 bits per heavy atom. The highest BCUT2D eigenvalue weighted by atomic mass is 16.6. The zero-order valence-electron chi connectivity index (χ0n) is 19.8. The number of hydroxylamine groups is 1. The average Bonchev–Trinajstić information content (AvgIpc) is 2.88. The van der Waals surface area contributed by atoms with E-state index in [-0.39, 0.29) is 19.1 Å². The molecule has 0 unspecified atom stereocenters. The molecular formula is C26H32N2O7. The highest BCUT2D eigenvalue weighted by molar-refractivity contribution is 5.86. The first-order chi connectivity index (χ1) is 17.0. The van der Waals surface area contributed by atoms with Crippen LogP contribution < -0.4 is 20.3 Å². The number of rotatable bonds is 13. The Morgan fingerprint density at radius 1 is 1.03 bits per heavy atom. The Labute approximate surface area is 205 Å². The molecule has 0 fully saturated rings. The van der Waals surface area contributed by atoms with Gasteiger partial charge in [0.25, 0.3) is 5.91 Å². The molecule has 0 aromatic heterocycles. The molecule has 35 heavy (non-hydrogen) atoms. The smallest absolute Gasteiger partial charge is 0.412 e. The third kappa shape index (κ3) is 9.91. The minimum atomic E-state index is -0.606. The SMILES string of the molecule is COc1ccc(NC(=O)O[C@H](c2ccc(OCCO)cc2)[C@@H](C)CC/C=C/C=C/C(=O)NO)cc1. The molecule has 0 bridgehead atoms. The predicted molar refractivity (Wildman–Crippen MR) is 131 cm³/mol. The molecule has 0 saturated heterocycles. The van der Waals surface area contributed by atoms with Crippen LogP contribution in [0.3, 0.4) is 0 Å². The first kappa shape index (κ1) is 27.4. The minimum absolute atomic E-state index is 0.0322. The standard InChI is InChI=1S/C26H32N2O7/c1-19(7-5-3-4-6-8-24(30)28-32)25(20-9-13-23(14-10-20)34-18-17-29)35-26(31)27-21-11-15-22(33-2)16-12-21/h3-4,6,8-16,19,25,29,32H,5,7,17-18H2,1-2H3,(H,27,31)(H,28,30)/b4-3+,8-6+/t19-,25-/m0/s1. The van der Waals surface area contributed by atoms with Crippen LogP contribution in [0.25, 0.3) is 0 Å². The number of aliphatic hydroxyl groups is 1. The number of anilines is 1. The van der Waals surface area contributed by atoms with Crippen molar-refractivity contribution in [3.63, 3.8) is 0 Å². The molecule has 2 aromatic carbocycles. The molecule has 4 N–H and O–H groups in total. The van der Waals surface area contributed by atoms with E-state index in [9.17, 15) is 9.59 Å². The van der Waals surface area contributed by atoms with Crippen LogP contribution in [0.2, 0.25) is 0 Å². The van der Waals surface area contributed by atoms with Crippen molar-refractivity contribution in [3.8, 4) is 11.5 Å². The summed E-state index contributed by atoms with van der Waals surface area (Å²) in [4.78, 5) is 23.7. The zero-order chi connectivity index (χ0) is 25.5. The molecule has 0 spiro atoms. The van der Waals surface area contributed by atoms with Crippen LogP contribution in [0, 0.1) is 5.92 Å². The number of hydrogen-bond donors (Lipinski definition) is 4. The van der Waals surface area contributed by atoms with Crippen molar-refractivity contribution in [2.75, 3.05) is 25.6 Å². The molecule has 2 amide bonds. The maximum Gasteiger partial charge on any atom is 0.412 e. The third-order valence-electron chi connectivity index (χ3n) is 5.05. The zero-order valence-corrected chi connectivity index (χ0v) is 19.8. The largest absolute Gasteiger partial charge is 0.497 e. The van der Waals surface area contributed by atoms with Crippen LogP contribution in [0.4, 0.5) is 10.5 Å². The van der Waals surface area contributed by atoms with Crippen molar-refractivity contribution in [2.24, 2.45) is 5.92 Å². The fourth-order valence-electron chi connectivity index (χ4n) is 3.23. The molecule has 0 aliphatic heterocycles. The summed E-state index contributed by atoms with van der Waals surface area (Å²) in [6.45, 7) is 2.11. The molecule has 9 heteroatoms. The second-order valence-electron chi connectivity index (χ2n) is 7.64. The Balaban J connectivity index is 2.07. The summed E-state index contributed by atoms with van der Waals surface area (Å²) in [7, 11) is 1.57. The fraction of sp³-hybridized carbons (Fsp3) is 0.308. The normalized spacial score (nSPS) is 12.8. The van der Waals surface area contributed by atoms with Gasteiger partial charge in [0.15, 0.2) is 0 Å². The van der Waals surface area contributed by atoms with Gasteiger partial charge in [0.1, 0.15) is 24.2 Å². The number of carbonyl (C=O) groups is 2. The third-order valence-corrected chi connectivity index (χ3v) is 5.05. The average molecular weight is 485 g/mol. The maximum absolute atomic E-state index is 12.7. The van der Waals surface area contributed by atoms with Gasteiger partial charge < -0.3 is 19.3 Å². The first-order valence-corrected chi connectivity index (χ1v) is 11.2. The second-order valence-corrected chi connectivity index (χ2v) is 7.64. The van der Waals surface area contributed by atoms with E-state index in [1.807, 2.05) is 25.1 Å². The lowest BCUT2D eigenvalue weighted by molar-refractivity contribution is -0.124. The molecule has 9 nitrogen and oxygen atoms in total. The number of carbonyl (C=O) groups excluding carboxylic acids is 2. The lowest BCUT2D eigenvalue weighted by atomic mass is 9.93. The summed E-state index contributed by atoms with van der Waals surface area (Å²) in [5, 5.41) is 20.2. The fourth-order valence-corrected chi connectivity index (χ4v) is 3.23. The highest BCUT2D eigenvalue weighted by Crippen LogP contribution is 2.31. The van der Waals surface area contributed by atoms with Gasteiger partial charge >= 0.3 is 6.09 Å². The van der Waals surface area contributed by atoms with E-state index in [1.165, 1.54) is 17.6 Å². The monoisotopic (exact) mass is 484 g/mol. The summed E-state index contributed by atoms with van der Waals surface area (Å²) < 4.78 is 16.4. The number of hydrogen-bond acceptors (Lipinski definition) is 7. The van der Waals surface area contributed by atoms with Crippen molar-refractivity contribution < 1.29 is 34.1 Å². The Bertz CT molecular complexity index is 972. The molecule has 0 saturated carbocycles. The quantitative estimate of drug-likeness (QED) is 0.144. The van der Waals surface area contributed by atoms with Gasteiger partial charge in [-0.05, 0) is 60.7 Å². The summed E-state index contributed by atoms with van der Waals surface area (Å²) in [6.07, 6.45) is 6.61. The number of ether oxygens (including phenoxy) is 3. The van der Waals surface area contributed by atoms with Crippen LogP contribution in [-0.2, 0) is 9.53 Å². The van der Waals surface area contributed by atoms with Gasteiger partial charge in [0.2, 0.25) is 0 Å².